The molecule has 0 aromatic carbocycles. The van der Waals surface area contributed by atoms with Crippen molar-refractivity contribution in [2.45, 2.75) is 44.1 Å². The summed E-state index contributed by atoms with van der Waals surface area (Å²) in [5.74, 6) is -0.233. The highest BCUT2D eigenvalue weighted by atomic mass is 32.1. The molecule has 1 aromatic heterocycles. The summed E-state index contributed by atoms with van der Waals surface area (Å²) >= 11 is 1.71. The van der Waals surface area contributed by atoms with E-state index in [0.29, 0.717) is 6.04 Å². The van der Waals surface area contributed by atoms with Crippen molar-refractivity contribution in [1.82, 2.24) is 10.3 Å². The van der Waals surface area contributed by atoms with E-state index in [1.807, 2.05) is 11.7 Å². The second-order valence-corrected chi connectivity index (χ2v) is 5.70. The molecular weight excluding hydrogens is 236 g/mol. The highest BCUT2D eigenvalue weighted by Gasteiger charge is 2.40. The summed E-state index contributed by atoms with van der Waals surface area (Å²) < 4.78 is 11.4. The maximum atomic E-state index is 5.72. The van der Waals surface area contributed by atoms with Gasteiger partial charge in [-0.05, 0) is 12.8 Å². The van der Waals surface area contributed by atoms with Crippen molar-refractivity contribution in [1.29, 1.82) is 0 Å². The first-order valence-corrected chi connectivity index (χ1v) is 7.13. The van der Waals surface area contributed by atoms with Gasteiger partial charge in [-0.15, -0.1) is 11.3 Å². The van der Waals surface area contributed by atoms with Gasteiger partial charge in [0.15, 0.2) is 5.79 Å². The molecule has 2 aliphatic rings. The van der Waals surface area contributed by atoms with Crippen LogP contribution in [0.5, 0.6) is 0 Å². The van der Waals surface area contributed by atoms with Crippen LogP contribution < -0.4 is 5.32 Å². The van der Waals surface area contributed by atoms with E-state index in [1.165, 1.54) is 4.88 Å². The Bertz CT molecular complexity index is 339. The summed E-state index contributed by atoms with van der Waals surface area (Å²) in [6.07, 6.45) is 6.25. The summed E-state index contributed by atoms with van der Waals surface area (Å²) in [6.45, 7) is 2.46. The van der Waals surface area contributed by atoms with Gasteiger partial charge in [0.25, 0.3) is 0 Å². The molecule has 1 aromatic rings. The zero-order chi connectivity index (χ0) is 11.6. The molecule has 1 aliphatic heterocycles. The van der Waals surface area contributed by atoms with Gasteiger partial charge in [0, 0.05) is 36.5 Å². The van der Waals surface area contributed by atoms with Crippen LogP contribution in [0.4, 0.5) is 0 Å². The van der Waals surface area contributed by atoms with Crippen molar-refractivity contribution in [3.63, 3.8) is 0 Å². The van der Waals surface area contributed by atoms with Crippen LogP contribution in [0.1, 0.15) is 30.6 Å². The molecule has 3 rings (SSSR count). The van der Waals surface area contributed by atoms with Gasteiger partial charge >= 0.3 is 0 Å². The Morgan fingerprint density at radius 2 is 2.12 bits per heavy atom. The lowest BCUT2D eigenvalue weighted by Crippen LogP contribution is -2.41. The van der Waals surface area contributed by atoms with E-state index in [-0.39, 0.29) is 5.79 Å². The number of hydrogen-bond acceptors (Lipinski definition) is 5. The Morgan fingerprint density at radius 3 is 2.76 bits per heavy atom. The summed E-state index contributed by atoms with van der Waals surface area (Å²) in [4.78, 5) is 5.39. The minimum atomic E-state index is -0.233. The lowest BCUT2D eigenvalue weighted by molar-refractivity contribution is -0.179. The fraction of sp³-hybridized carbons (Fsp3) is 0.750. The van der Waals surface area contributed by atoms with E-state index in [2.05, 4.69) is 10.3 Å². The molecule has 0 radical (unpaired) electrons. The van der Waals surface area contributed by atoms with Crippen LogP contribution in [0.25, 0.3) is 0 Å². The van der Waals surface area contributed by atoms with E-state index in [1.54, 1.807) is 11.3 Å². The zero-order valence-electron chi connectivity index (χ0n) is 9.85. The minimum absolute atomic E-state index is 0.233. The van der Waals surface area contributed by atoms with E-state index in [0.717, 1.165) is 45.4 Å². The molecule has 4 nitrogen and oxygen atoms in total. The molecule has 1 aliphatic carbocycles. The number of ether oxygens (including phenoxy) is 2. The SMILES string of the molecule is c1ncc(CNC2CCC3(CC2)OCCO3)s1. The molecule has 0 bridgehead atoms. The first-order valence-electron chi connectivity index (χ1n) is 6.25. The predicted octanol–water partition coefficient (Wildman–Crippen LogP) is 1.92. The average molecular weight is 254 g/mol. The van der Waals surface area contributed by atoms with Gasteiger partial charge in [0.05, 0.1) is 18.7 Å². The molecule has 1 N–H and O–H groups in total. The van der Waals surface area contributed by atoms with Crippen LogP contribution in [0.15, 0.2) is 11.7 Å². The third-order valence-electron chi connectivity index (χ3n) is 3.61. The summed E-state index contributed by atoms with van der Waals surface area (Å²) in [5, 5.41) is 3.59. The van der Waals surface area contributed by atoms with Crippen molar-refractivity contribution in [3.8, 4) is 0 Å². The van der Waals surface area contributed by atoms with E-state index in [9.17, 15) is 0 Å². The van der Waals surface area contributed by atoms with Gasteiger partial charge in [-0.1, -0.05) is 0 Å². The number of nitrogens with one attached hydrogen (secondary N) is 1. The van der Waals surface area contributed by atoms with Crippen molar-refractivity contribution < 1.29 is 9.47 Å². The van der Waals surface area contributed by atoms with Crippen LogP contribution in [0.2, 0.25) is 0 Å². The molecule has 0 unspecified atom stereocenters. The number of aromatic nitrogens is 1. The van der Waals surface area contributed by atoms with Crippen LogP contribution in [0, 0.1) is 0 Å². The fourth-order valence-corrected chi connectivity index (χ4v) is 3.17. The summed E-state index contributed by atoms with van der Waals surface area (Å²) in [7, 11) is 0. The van der Waals surface area contributed by atoms with Gasteiger partial charge in [0.2, 0.25) is 0 Å². The summed E-state index contributed by atoms with van der Waals surface area (Å²) in [6, 6.07) is 0.593. The summed E-state index contributed by atoms with van der Waals surface area (Å²) in [5.41, 5.74) is 1.88. The third kappa shape index (κ3) is 2.68. The molecule has 1 spiro atoms. The number of thiazole rings is 1. The molecule has 1 saturated carbocycles. The maximum absolute atomic E-state index is 5.72. The number of nitrogens with zero attached hydrogens (tertiary/aromatic N) is 1. The minimum Gasteiger partial charge on any atom is -0.348 e. The molecular formula is C12H18N2O2S. The van der Waals surface area contributed by atoms with Gasteiger partial charge in [-0.3, -0.25) is 4.98 Å². The van der Waals surface area contributed by atoms with Crippen molar-refractivity contribution in [3.05, 3.63) is 16.6 Å². The number of rotatable bonds is 3. The molecule has 0 amide bonds. The molecule has 17 heavy (non-hydrogen) atoms. The Labute approximate surface area is 105 Å². The zero-order valence-corrected chi connectivity index (χ0v) is 10.7. The second-order valence-electron chi connectivity index (χ2n) is 4.73. The third-order valence-corrected chi connectivity index (χ3v) is 4.39. The van der Waals surface area contributed by atoms with Crippen molar-refractivity contribution >= 4 is 11.3 Å². The smallest absolute Gasteiger partial charge is 0.168 e. The van der Waals surface area contributed by atoms with E-state index < -0.39 is 0 Å². The second kappa shape index (κ2) is 5.02. The lowest BCUT2D eigenvalue weighted by atomic mass is 9.90. The van der Waals surface area contributed by atoms with Crippen LogP contribution >= 0.6 is 11.3 Å². The van der Waals surface area contributed by atoms with Crippen molar-refractivity contribution in [2.75, 3.05) is 13.2 Å². The highest BCUT2D eigenvalue weighted by Crippen LogP contribution is 2.35. The molecule has 5 heteroatoms. The topological polar surface area (TPSA) is 43.4 Å². The Kier molecular flexibility index (Phi) is 3.42. The van der Waals surface area contributed by atoms with E-state index >= 15 is 0 Å². The Hall–Kier alpha value is -0.490. The van der Waals surface area contributed by atoms with Crippen LogP contribution in [-0.2, 0) is 16.0 Å². The molecule has 0 atom stereocenters. The standard InChI is InChI=1S/C12H18N2O2S/c1-3-12(15-5-6-16-12)4-2-10(1)14-8-11-7-13-9-17-11/h7,9-10,14H,1-6,8H2. The predicted molar refractivity (Wildman–Crippen MR) is 65.8 cm³/mol. The highest BCUT2D eigenvalue weighted by molar-refractivity contribution is 7.09. The van der Waals surface area contributed by atoms with Crippen molar-refractivity contribution in [2.24, 2.45) is 0 Å². The van der Waals surface area contributed by atoms with Gasteiger partial charge in [-0.2, -0.15) is 0 Å². The van der Waals surface area contributed by atoms with Gasteiger partial charge in [-0.25, -0.2) is 0 Å². The first-order chi connectivity index (χ1) is 8.36. The molecule has 1 saturated heterocycles. The fourth-order valence-electron chi connectivity index (χ4n) is 2.62. The Morgan fingerprint density at radius 1 is 1.35 bits per heavy atom. The normalized spacial score (nSPS) is 24.5. The van der Waals surface area contributed by atoms with Crippen LogP contribution in [-0.4, -0.2) is 30.0 Å². The molecule has 94 valence electrons. The molecule has 2 fully saturated rings. The quantitative estimate of drug-likeness (QED) is 0.895. The first kappa shape index (κ1) is 11.6. The maximum Gasteiger partial charge on any atom is 0.168 e. The van der Waals surface area contributed by atoms with Gasteiger partial charge < -0.3 is 14.8 Å². The van der Waals surface area contributed by atoms with E-state index in [4.69, 9.17) is 9.47 Å². The van der Waals surface area contributed by atoms with Gasteiger partial charge in [0.1, 0.15) is 0 Å². The largest absolute Gasteiger partial charge is 0.348 e. The van der Waals surface area contributed by atoms with Crippen LogP contribution in [0.3, 0.4) is 0 Å². The average Bonchev–Trinajstić information content (AvgIpc) is 3.01. The number of hydrogen-bond donors (Lipinski definition) is 1. The molecule has 2 heterocycles. The lowest BCUT2D eigenvalue weighted by Gasteiger charge is -2.35. The monoisotopic (exact) mass is 254 g/mol. The Balaban J connectivity index is 1.45.